The Balaban J connectivity index is 2.51. The summed E-state index contributed by atoms with van der Waals surface area (Å²) in [5, 5.41) is 0. The summed E-state index contributed by atoms with van der Waals surface area (Å²) in [7, 11) is 0. The Morgan fingerprint density at radius 1 is 1.27 bits per heavy atom. The van der Waals surface area contributed by atoms with Gasteiger partial charge in [-0.05, 0) is 0 Å². The SMILES string of the molecule is CC(=O)OI1(=O)CCCCC1. The molecule has 1 fully saturated rings. The minimum atomic E-state index is -3.21. The van der Waals surface area contributed by atoms with E-state index in [1.807, 2.05) is 0 Å². The number of carbonyl (C=O) groups is 1. The number of hydrogen-bond donors (Lipinski definition) is 0. The van der Waals surface area contributed by atoms with Gasteiger partial charge in [0.15, 0.2) is 0 Å². The van der Waals surface area contributed by atoms with Crippen LogP contribution in [-0.2, 0) is 10.9 Å². The van der Waals surface area contributed by atoms with E-state index in [0.717, 1.165) is 19.3 Å². The molecule has 1 aliphatic heterocycles. The number of carbonyl (C=O) groups excluding carboxylic acids is 1. The topological polar surface area (TPSA) is 43.4 Å². The minimum absolute atomic E-state index is 0.377. The molecule has 0 bridgehead atoms. The van der Waals surface area contributed by atoms with Crippen molar-refractivity contribution in [2.75, 3.05) is 8.86 Å². The molecule has 0 saturated carbocycles. The van der Waals surface area contributed by atoms with E-state index in [2.05, 4.69) is 0 Å². The molecule has 0 spiro atoms. The molecule has 1 saturated heterocycles. The average molecular weight is 272 g/mol. The van der Waals surface area contributed by atoms with Gasteiger partial charge in [0, 0.05) is 0 Å². The van der Waals surface area contributed by atoms with Crippen molar-refractivity contribution in [2.24, 2.45) is 0 Å². The summed E-state index contributed by atoms with van der Waals surface area (Å²) in [5.41, 5.74) is 0. The molecule has 0 amide bonds. The molecule has 0 aromatic heterocycles. The summed E-state index contributed by atoms with van der Waals surface area (Å²) in [6.07, 6.45) is 3.06. The molecule has 11 heavy (non-hydrogen) atoms. The molecule has 4 heteroatoms. The molecular formula is C7H13IO3. The van der Waals surface area contributed by atoms with Gasteiger partial charge in [0.1, 0.15) is 0 Å². The predicted octanol–water partition coefficient (Wildman–Crippen LogP) is 2.04. The van der Waals surface area contributed by atoms with E-state index in [-0.39, 0.29) is 5.97 Å². The van der Waals surface area contributed by atoms with Crippen LogP contribution in [0.3, 0.4) is 0 Å². The Morgan fingerprint density at radius 2 is 1.82 bits per heavy atom. The van der Waals surface area contributed by atoms with E-state index < -0.39 is 18.8 Å². The molecule has 0 aromatic rings. The van der Waals surface area contributed by atoms with Gasteiger partial charge in [-0.3, -0.25) is 0 Å². The molecule has 0 unspecified atom stereocenters. The summed E-state index contributed by atoms with van der Waals surface area (Å²) in [6, 6.07) is 0. The van der Waals surface area contributed by atoms with Crippen molar-refractivity contribution < 1.29 is 10.9 Å². The van der Waals surface area contributed by atoms with Crippen molar-refractivity contribution in [2.45, 2.75) is 26.2 Å². The van der Waals surface area contributed by atoms with Crippen LogP contribution >= 0.6 is 18.8 Å². The summed E-state index contributed by atoms with van der Waals surface area (Å²) in [5.74, 6) is -0.377. The zero-order chi connectivity index (χ0) is 8.32. The molecule has 0 aliphatic carbocycles. The van der Waals surface area contributed by atoms with Crippen LogP contribution in [0.1, 0.15) is 26.2 Å². The Bertz CT molecular complexity index is 190. The first-order chi connectivity index (χ1) is 5.12. The maximum atomic E-state index is 11.7. The molecule has 0 atom stereocenters. The zero-order valence-corrected chi connectivity index (χ0v) is 8.80. The van der Waals surface area contributed by atoms with Crippen molar-refractivity contribution in [3.8, 4) is 0 Å². The Morgan fingerprint density at radius 3 is 2.27 bits per heavy atom. The Labute approximate surface area is 70.9 Å². The summed E-state index contributed by atoms with van der Waals surface area (Å²) in [4.78, 5) is 10.5. The summed E-state index contributed by atoms with van der Waals surface area (Å²) < 4.78 is 17.9. The van der Waals surface area contributed by atoms with Gasteiger partial charge in [-0.1, -0.05) is 0 Å². The zero-order valence-electron chi connectivity index (χ0n) is 6.64. The van der Waals surface area contributed by atoms with E-state index >= 15 is 0 Å². The number of alkyl halides is 2. The van der Waals surface area contributed by atoms with E-state index in [1.54, 1.807) is 0 Å². The molecule has 1 heterocycles. The normalized spacial score (nSPS) is 25.5. The molecule has 1 aliphatic rings. The fourth-order valence-corrected chi connectivity index (χ4v) is 6.66. The fourth-order valence-electron chi connectivity index (χ4n) is 1.14. The van der Waals surface area contributed by atoms with Gasteiger partial charge >= 0.3 is 70.8 Å². The second kappa shape index (κ2) is 3.60. The van der Waals surface area contributed by atoms with E-state index in [4.69, 9.17) is 3.07 Å². The van der Waals surface area contributed by atoms with Gasteiger partial charge in [0.05, 0.1) is 0 Å². The quantitative estimate of drug-likeness (QED) is 0.542. The third-order valence-electron chi connectivity index (χ3n) is 1.59. The van der Waals surface area contributed by atoms with Crippen molar-refractivity contribution in [1.29, 1.82) is 0 Å². The predicted molar refractivity (Wildman–Crippen MR) is 50.1 cm³/mol. The van der Waals surface area contributed by atoms with Gasteiger partial charge in [-0.15, -0.1) is 0 Å². The van der Waals surface area contributed by atoms with Crippen LogP contribution in [0.4, 0.5) is 0 Å². The van der Waals surface area contributed by atoms with E-state index in [9.17, 15) is 7.86 Å². The second-order valence-corrected chi connectivity index (χ2v) is 9.22. The van der Waals surface area contributed by atoms with Crippen LogP contribution in [0, 0.1) is 0 Å². The van der Waals surface area contributed by atoms with Crippen LogP contribution < -0.4 is 0 Å². The summed E-state index contributed by atoms with van der Waals surface area (Å²) >= 11 is -3.21. The third-order valence-corrected chi connectivity index (χ3v) is 7.83. The van der Waals surface area contributed by atoms with E-state index in [1.165, 1.54) is 6.92 Å². The molecule has 0 radical (unpaired) electrons. The van der Waals surface area contributed by atoms with Crippen molar-refractivity contribution in [3.05, 3.63) is 0 Å². The second-order valence-electron chi connectivity index (χ2n) is 2.70. The van der Waals surface area contributed by atoms with Crippen LogP contribution in [0.5, 0.6) is 0 Å². The van der Waals surface area contributed by atoms with Crippen LogP contribution in [0.15, 0.2) is 0 Å². The van der Waals surface area contributed by atoms with Crippen molar-refractivity contribution >= 4 is 24.8 Å². The van der Waals surface area contributed by atoms with Crippen LogP contribution in [0.25, 0.3) is 0 Å². The Kier molecular flexibility index (Phi) is 2.98. The monoisotopic (exact) mass is 272 g/mol. The van der Waals surface area contributed by atoms with Crippen LogP contribution in [0.2, 0.25) is 0 Å². The van der Waals surface area contributed by atoms with Gasteiger partial charge < -0.3 is 0 Å². The number of halogens is 1. The Hall–Kier alpha value is -0.0000000000000000555. The average Bonchev–Trinajstić information content (AvgIpc) is 1.85. The van der Waals surface area contributed by atoms with Crippen molar-refractivity contribution in [1.82, 2.24) is 0 Å². The number of hydrogen-bond acceptors (Lipinski definition) is 3. The third kappa shape index (κ3) is 2.84. The standard InChI is InChI=1S/C7H13IO3/c1-7(9)11-8(10)5-3-2-4-6-8/h2-6H2,1H3. The van der Waals surface area contributed by atoms with Crippen LogP contribution in [-0.4, -0.2) is 14.8 Å². The first-order valence-electron chi connectivity index (χ1n) is 3.75. The van der Waals surface area contributed by atoms with Crippen molar-refractivity contribution in [3.63, 3.8) is 0 Å². The molecule has 0 N–H and O–H groups in total. The summed E-state index contributed by atoms with van der Waals surface area (Å²) in [6.45, 7) is 1.33. The van der Waals surface area contributed by atoms with Gasteiger partial charge in [-0.25, -0.2) is 0 Å². The van der Waals surface area contributed by atoms with Gasteiger partial charge in [0.2, 0.25) is 0 Å². The number of rotatable bonds is 1. The fraction of sp³-hybridized carbons (Fsp3) is 0.857. The molecule has 66 valence electrons. The first-order valence-corrected chi connectivity index (χ1v) is 8.56. The first kappa shape index (κ1) is 9.09. The maximum absolute atomic E-state index is 11.7. The molecule has 1 rings (SSSR count). The van der Waals surface area contributed by atoms with Gasteiger partial charge in [0.25, 0.3) is 0 Å². The molecule has 3 nitrogen and oxygen atoms in total. The van der Waals surface area contributed by atoms with Gasteiger partial charge in [-0.2, -0.15) is 0 Å². The molecular weight excluding hydrogens is 259 g/mol. The van der Waals surface area contributed by atoms with E-state index in [0.29, 0.717) is 8.86 Å². The molecule has 0 aromatic carbocycles.